The Balaban J connectivity index is 2.56. The Kier molecular flexibility index (Phi) is 16.0. The van der Waals surface area contributed by atoms with Gasteiger partial charge in [-0.05, 0) is 38.2 Å². The second-order valence-electron chi connectivity index (χ2n) is 14.4. The van der Waals surface area contributed by atoms with E-state index < -0.39 is 41.9 Å². The molecule has 12 atom stereocenters. The highest BCUT2D eigenvalue weighted by atomic mass is 16.6. The number of esters is 2. The third kappa shape index (κ3) is 10.7. The summed E-state index contributed by atoms with van der Waals surface area (Å²) in [6, 6.07) is 0. The number of cyclic esters (lactones) is 1. The van der Waals surface area contributed by atoms with E-state index in [-0.39, 0.29) is 60.1 Å². The molecule has 0 saturated carbocycles. The zero-order valence-corrected chi connectivity index (χ0v) is 31.4. The molecule has 0 bridgehead atoms. The molecular formula is C38H62O10. The van der Waals surface area contributed by atoms with E-state index in [1.165, 1.54) is 21.1 Å². The molecule has 1 fully saturated rings. The molecule has 2 aliphatic heterocycles. The summed E-state index contributed by atoms with van der Waals surface area (Å²) < 4.78 is 35.2. The minimum Gasteiger partial charge on any atom is -0.490 e. The zero-order chi connectivity index (χ0) is 36.5. The quantitative estimate of drug-likeness (QED) is 0.284. The topological polar surface area (TPSA) is 130 Å². The van der Waals surface area contributed by atoms with Gasteiger partial charge in [-0.15, -0.1) is 0 Å². The second kappa shape index (κ2) is 18.5. The van der Waals surface area contributed by atoms with Crippen molar-refractivity contribution in [2.24, 2.45) is 35.5 Å². The van der Waals surface area contributed by atoms with Gasteiger partial charge >= 0.3 is 11.9 Å². The van der Waals surface area contributed by atoms with Crippen LogP contribution in [0.5, 0.6) is 0 Å². The van der Waals surface area contributed by atoms with Crippen LogP contribution in [0, 0.1) is 35.5 Å². The molecule has 2 heterocycles. The van der Waals surface area contributed by atoms with Crippen LogP contribution < -0.4 is 0 Å². The van der Waals surface area contributed by atoms with E-state index in [2.05, 4.69) is 0 Å². The summed E-state index contributed by atoms with van der Waals surface area (Å²) in [4.78, 5) is 25.7. The first kappa shape index (κ1) is 41.7. The zero-order valence-electron chi connectivity index (χ0n) is 31.4. The van der Waals surface area contributed by atoms with Crippen molar-refractivity contribution in [3.63, 3.8) is 0 Å². The fourth-order valence-electron chi connectivity index (χ4n) is 7.23. The number of hydrogen-bond donors (Lipinski definition) is 2. The summed E-state index contributed by atoms with van der Waals surface area (Å²) in [6.07, 6.45) is 6.10. The van der Waals surface area contributed by atoms with E-state index >= 15 is 0 Å². The number of hydrogen-bond acceptors (Lipinski definition) is 10. The molecular weight excluding hydrogens is 616 g/mol. The Hall–Kier alpha value is -2.50. The Morgan fingerprint density at radius 2 is 1.69 bits per heavy atom. The van der Waals surface area contributed by atoms with Gasteiger partial charge in [-0.1, -0.05) is 83.9 Å². The summed E-state index contributed by atoms with van der Waals surface area (Å²) in [7, 11) is 4.52. The summed E-state index contributed by atoms with van der Waals surface area (Å²) in [5.41, 5.74) is 1.78. The number of methoxy groups -OCH3 is 3. The van der Waals surface area contributed by atoms with Crippen LogP contribution in [0.4, 0.5) is 0 Å². The number of carbonyl (C=O) groups excluding carboxylic acids is 2. The molecule has 10 heteroatoms. The molecule has 274 valence electrons. The molecule has 1 saturated heterocycles. The van der Waals surface area contributed by atoms with Crippen molar-refractivity contribution < 1.29 is 48.2 Å². The first-order valence-corrected chi connectivity index (χ1v) is 17.2. The molecule has 2 aliphatic rings. The summed E-state index contributed by atoms with van der Waals surface area (Å²) >= 11 is 0. The van der Waals surface area contributed by atoms with Gasteiger partial charge in [0.1, 0.15) is 18.3 Å². The van der Waals surface area contributed by atoms with Crippen molar-refractivity contribution >= 4 is 11.9 Å². The van der Waals surface area contributed by atoms with Crippen molar-refractivity contribution in [3.8, 4) is 0 Å². The van der Waals surface area contributed by atoms with Gasteiger partial charge in [-0.3, -0.25) is 4.79 Å². The normalized spacial score (nSPS) is 38.6. The van der Waals surface area contributed by atoms with Gasteiger partial charge in [0.05, 0.1) is 25.4 Å². The Morgan fingerprint density at radius 1 is 1.04 bits per heavy atom. The smallest absolute Gasteiger partial charge is 0.373 e. The van der Waals surface area contributed by atoms with Gasteiger partial charge in [-0.2, -0.15) is 0 Å². The van der Waals surface area contributed by atoms with Crippen molar-refractivity contribution in [1.82, 2.24) is 0 Å². The molecule has 0 spiro atoms. The van der Waals surface area contributed by atoms with Crippen LogP contribution >= 0.6 is 0 Å². The molecule has 0 aromatic heterocycles. The molecule has 48 heavy (non-hydrogen) atoms. The van der Waals surface area contributed by atoms with Crippen LogP contribution in [0.15, 0.2) is 47.3 Å². The number of carbonyl (C=O) groups is 2. The van der Waals surface area contributed by atoms with Crippen LogP contribution in [0.2, 0.25) is 0 Å². The van der Waals surface area contributed by atoms with E-state index in [1.807, 2.05) is 66.7 Å². The van der Waals surface area contributed by atoms with Gasteiger partial charge in [0, 0.05) is 51.2 Å². The van der Waals surface area contributed by atoms with Crippen molar-refractivity contribution in [1.29, 1.82) is 0 Å². The van der Waals surface area contributed by atoms with Crippen LogP contribution in [0.25, 0.3) is 0 Å². The fraction of sp³-hybridized carbons (Fsp3) is 0.737. The third-order valence-corrected chi connectivity index (χ3v) is 10.0. The molecule has 0 amide bonds. The highest BCUT2D eigenvalue weighted by Gasteiger charge is 2.52. The maximum absolute atomic E-state index is 13.7. The molecule has 10 nitrogen and oxygen atoms in total. The Bertz CT molecular complexity index is 1190. The molecule has 2 N–H and O–H groups in total. The van der Waals surface area contributed by atoms with E-state index in [4.69, 9.17) is 28.4 Å². The third-order valence-electron chi connectivity index (χ3n) is 10.0. The molecule has 12 unspecified atom stereocenters. The van der Waals surface area contributed by atoms with Crippen LogP contribution in [0.1, 0.15) is 82.1 Å². The molecule has 0 aromatic rings. The minimum atomic E-state index is -1.69. The second-order valence-corrected chi connectivity index (χ2v) is 14.4. The first-order valence-electron chi connectivity index (χ1n) is 17.2. The number of aliphatic hydroxyl groups is 2. The van der Waals surface area contributed by atoms with E-state index in [1.54, 1.807) is 33.1 Å². The van der Waals surface area contributed by atoms with Gasteiger partial charge in [-0.25, -0.2) is 4.79 Å². The average Bonchev–Trinajstić information content (AvgIpc) is 3.02. The molecule has 0 aromatic carbocycles. The fourth-order valence-corrected chi connectivity index (χ4v) is 7.23. The van der Waals surface area contributed by atoms with Crippen LogP contribution in [0.3, 0.4) is 0 Å². The monoisotopic (exact) mass is 678 g/mol. The van der Waals surface area contributed by atoms with E-state index in [9.17, 15) is 19.8 Å². The van der Waals surface area contributed by atoms with Crippen LogP contribution in [-0.2, 0) is 38.0 Å². The standard InChI is InChI=1S/C38H62O10/c1-21(2)34-26(7)32(45-13)20-38(42,48-34)28(9)33(40)27(8)36-30(43-11)16-14-15-22(3)17-24(5)35(46-29(10)39)25(6)18-23(4)19-31(44-12)37(41)47-36/h14-16,18-19,21,24-28,30,32-36,40,42H,17,20H2,1-13H3/b16-14+,22-15-,23-18+,31-19-. The van der Waals surface area contributed by atoms with Crippen molar-refractivity contribution in [2.75, 3.05) is 21.3 Å². The highest BCUT2D eigenvalue weighted by Crippen LogP contribution is 2.42. The van der Waals surface area contributed by atoms with Gasteiger partial charge in [0.2, 0.25) is 5.76 Å². The van der Waals surface area contributed by atoms with Gasteiger partial charge in [0.15, 0.2) is 5.79 Å². The lowest BCUT2D eigenvalue weighted by molar-refractivity contribution is -0.330. The first-order chi connectivity index (χ1) is 22.4. The predicted octanol–water partition coefficient (Wildman–Crippen LogP) is 5.92. The SMILES string of the molecule is CO/C1=C\C(C)=C\C(C)C(OC(C)=O)C(C)C/C(C)=C\C=C\C(OC)C(C(C)C(O)C(C)C2(O)CC(OC)C(C)C(C(C)C)O2)OC1=O. The van der Waals surface area contributed by atoms with Crippen LogP contribution in [-0.4, -0.2) is 85.9 Å². The Labute approximate surface area is 288 Å². The lowest BCUT2D eigenvalue weighted by Crippen LogP contribution is -2.59. The average molecular weight is 679 g/mol. The summed E-state index contributed by atoms with van der Waals surface area (Å²) in [6.45, 7) is 18.9. The number of allylic oxidation sites excluding steroid dienone is 5. The largest absolute Gasteiger partial charge is 0.490 e. The molecule has 0 aliphatic carbocycles. The summed E-state index contributed by atoms with van der Waals surface area (Å²) in [5.74, 6) is -4.32. The minimum absolute atomic E-state index is 0.00719. The molecule has 2 rings (SSSR count). The van der Waals surface area contributed by atoms with Crippen molar-refractivity contribution in [3.05, 3.63) is 47.3 Å². The highest BCUT2D eigenvalue weighted by molar-refractivity contribution is 5.87. The number of rotatable bonds is 9. The number of aliphatic hydroxyl groups excluding tert-OH is 1. The van der Waals surface area contributed by atoms with Gasteiger partial charge < -0.3 is 38.6 Å². The number of ether oxygens (including phenoxy) is 6. The van der Waals surface area contributed by atoms with E-state index in [0.717, 1.165) is 11.1 Å². The maximum Gasteiger partial charge on any atom is 0.373 e. The van der Waals surface area contributed by atoms with E-state index in [0.29, 0.717) is 6.42 Å². The summed E-state index contributed by atoms with van der Waals surface area (Å²) in [5, 5.41) is 23.7. The molecule has 0 radical (unpaired) electrons. The lowest BCUT2D eigenvalue weighted by Gasteiger charge is -2.50. The maximum atomic E-state index is 13.7. The Morgan fingerprint density at radius 3 is 2.23 bits per heavy atom. The van der Waals surface area contributed by atoms with Gasteiger partial charge in [0.25, 0.3) is 0 Å². The van der Waals surface area contributed by atoms with Crippen molar-refractivity contribution in [2.45, 2.75) is 124 Å². The predicted molar refractivity (Wildman–Crippen MR) is 184 cm³/mol. The lowest BCUT2D eigenvalue weighted by atomic mass is 9.76.